The van der Waals surface area contributed by atoms with Crippen molar-refractivity contribution in [3.05, 3.63) is 28.8 Å². The van der Waals surface area contributed by atoms with Gasteiger partial charge in [-0.1, -0.05) is 30.5 Å². The molecule has 0 spiro atoms. The number of halogens is 1. The Kier molecular flexibility index (Phi) is 3.99. The summed E-state index contributed by atoms with van der Waals surface area (Å²) in [6.07, 6.45) is 8.16. The molecule has 2 unspecified atom stereocenters. The molecular formula is C16H22ClNO. The van der Waals surface area contributed by atoms with Gasteiger partial charge in [-0.3, -0.25) is 0 Å². The van der Waals surface area contributed by atoms with Crippen LogP contribution in [-0.4, -0.2) is 17.7 Å². The average molecular weight is 280 g/mol. The Hall–Kier alpha value is -0.730. The lowest BCUT2D eigenvalue weighted by Gasteiger charge is -2.45. The van der Waals surface area contributed by atoms with E-state index in [-0.39, 0.29) is 6.61 Å². The number of piperidine rings is 1. The first-order valence-electron chi connectivity index (χ1n) is 7.45. The van der Waals surface area contributed by atoms with Gasteiger partial charge in [0.1, 0.15) is 0 Å². The van der Waals surface area contributed by atoms with Crippen LogP contribution in [0, 0.1) is 5.92 Å². The Morgan fingerprint density at radius 1 is 1.16 bits per heavy atom. The molecule has 1 aromatic carbocycles. The van der Waals surface area contributed by atoms with Gasteiger partial charge in [-0.15, -0.1) is 0 Å². The summed E-state index contributed by atoms with van der Waals surface area (Å²) in [5.74, 6) is 0.874. The van der Waals surface area contributed by atoms with Gasteiger partial charge in [0.15, 0.2) is 0 Å². The number of nitrogens with zero attached hydrogens (tertiary/aromatic N) is 1. The van der Waals surface area contributed by atoms with Crippen LogP contribution in [0.25, 0.3) is 0 Å². The van der Waals surface area contributed by atoms with Crippen LogP contribution in [0.3, 0.4) is 0 Å². The molecule has 1 aliphatic carbocycles. The van der Waals surface area contributed by atoms with Crippen molar-refractivity contribution in [3.63, 3.8) is 0 Å². The van der Waals surface area contributed by atoms with E-state index < -0.39 is 0 Å². The molecule has 3 heteroatoms. The molecule has 0 bridgehead atoms. The highest BCUT2D eigenvalue weighted by Crippen LogP contribution is 2.38. The molecule has 3 rings (SSSR count). The number of hydrogen-bond donors (Lipinski definition) is 1. The molecule has 104 valence electrons. The monoisotopic (exact) mass is 279 g/mol. The number of hydrogen-bond acceptors (Lipinski definition) is 2. The van der Waals surface area contributed by atoms with E-state index in [1.165, 1.54) is 44.2 Å². The lowest BCUT2D eigenvalue weighted by Crippen LogP contribution is -2.46. The first kappa shape index (κ1) is 13.3. The molecule has 1 saturated heterocycles. The van der Waals surface area contributed by atoms with Gasteiger partial charge in [0.25, 0.3) is 0 Å². The van der Waals surface area contributed by atoms with E-state index in [4.69, 9.17) is 11.6 Å². The van der Waals surface area contributed by atoms with E-state index in [0.29, 0.717) is 11.1 Å². The maximum atomic E-state index is 9.21. The topological polar surface area (TPSA) is 23.5 Å². The second-order valence-electron chi connectivity index (χ2n) is 5.88. The molecule has 2 atom stereocenters. The van der Waals surface area contributed by atoms with Crippen LogP contribution in [0.5, 0.6) is 0 Å². The summed E-state index contributed by atoms with van der Waals surface area (Å²) in [6, 6.07) is 6.82. The smallest absolute Gasteiger partial charge is 0.0696 e. The summed E-state index contributed by atoms with van der Waals surface area (Å²) in [4.78, 5) is 2.56. The maximum absolute atomic E-state index is 9.21. The SMILES string of the molecule is OCc1ccc(N2CCCC3CCCCC32)cc1Cl. The molecule has 1 N–H and O–H groups in total. The highest BCUT2D eigenvalue weighted by Gasteiger charge is 2.33. The fourth-order valence-corrected chi connectivity index (χ4v) is 4.02. The molecule has 0 amide bonds. The first-order chi connectivity index (χ1) is 9.29. The molecule has 1 aliphatic heterocycles. The maximum Gasteiger partial charge on any atom is 0.0696 e. The fraction of sp³-hybridized carbons (Fsp3) is 0.625. The van der Waals surface area contributed by atoms with Crippen molar-refractivity contribution in [1.82, 2.24) is 0 Å². The summed E-state index contributed by atoms with van der Waals surface area (Å²) in [5, 5.41) is 9.90. The molecule has 19 heavy (non-hydrogen) atoms. The van der Waals surface area contributed by atoms with E-state index in [0.717, 1.165) is 18.0 Å². The normalized spacial score (nSPS) is 27.2. The van der Waals surface area contributed by atoms with Gasteiger partial charge in [-0.2, -0.15) is 0 Å². The van der Waals surface area contributed by atoms with Gasteiger partial charge < -0.3 is 10.0 Å². The van der Waals surface area contributed by atoms with E-state index in [1.807, 2.05) is 12.1 Å². The van der Waals surface area contributed by atoms with Gasteiger partial charge in [-0.25, -0.2) is 0 Å². The Morgan fingerprint density at radius 3 is 2.74 bits per heavy atom. The van der Waals surface area contributed by atoms with Crippen LogP contribution >= 0.6 is 11.6 Å². The second kappa shape index (κ2) is 5.72. The lowest BCUT2D eigenvalue weighted by atomic mass is 9.78. The quantitative estimate of drug-likeness (QED) is 0.885. The van der Waals surface area contributed by atoms with Crippen molar-refractivity contribution in [3.8, 4) is 0 Å². The van der Waals surface area contributed by atoms with Crippen LogP contribution in [-0.2, 0) is 6.61 Å². The summed E-state index contributed by atoms with van der Waals surface area (Å²) in [6.45, 7) is 1.17. The predicted octanol–water partition coefficient (Wildman–Crippen LogP) is 3.99. The largest absolute Gasteiger partial charge is 0.392 e. The number of benzene rings is 1. The Labute approximate surface area is 120 Å². The lowest BCUT2D eigenvalue weighted by molar-refractivity contribution is 0.244. The van der Waals surface area contributed by atoms with Crippen molar-refractivity contribution in [2.75, 3.05) is 11.4 Å². The third kappa shape index (κ3) is 2.61. The van der Waals surface area contributed by atoms with Gasteiger partial charge in [0, 0.05) is 23.3 Å². The standard InChI is InChI=1S/C16H22ClNO/c17-15-10-14(8-7-13(15)11-19)18-9-3-5-12-4-1-2-6-16(12)18/h7-8,10,12,16,19H,1-6,9,11H2. The van der Waals surface area contributed by atoms with Gasteiger partial charge >= 0.3 is 0 Å². The molecule has 1 saturated carbocycles. The third-order valence-corrected chi connectivity index (χ3v) is 5.13. The third-order valence-electron chi connectivity index (χ3n) is 4.78. The number of fused-ring (bicyclic) bond motifs is 1. The number of anilines is 1. The van der Waals surface area contributed by atoms with Crippen molar-refractivity contribution < 1.29 is 5.11 Å². The fourth-order valence-electron chi connectivity index (χ4n) is 3.79. The zero-order valence-electron chi connectivity index (χ0n) is 11.3. The molecule has 0 aromatic heterocycles. The minimum absolute atomic E-state index is 0.0190. The van der Waals surface area contributed by atoms with Gasteiger partial charge in [0.05, 0.1) is 6.61 Å². The second-order valence-corrected chi connectivity index (χ2v) is 6.29. The number of rotatable bonds is 2. The van der Waals surface area contributed by atoms with Crippen molar-refractivity contribution >= 4 is 17.3 Å². The van der Waals surface area contributed by atoms with E-state index in [2.05, 4.69) is 11.0 Å². The molecule has 0 radical (unpaired) electrons. The van der Waals surface area contributed by atoms with Crippen LogP contribution < -0.4 is 4.90 Å². The molecule has 1 aromatic rings. The highest BCUT2D eigenvalue weighted by molar-refractivity contribution is 6.31. The molecule has 1 heterocycles. The van der Waals surface area contributed by atoms with Gasteiger partial charge in [0.2, 0.25) is 0 Å². The highest BCUT2D eigenvalue weighted by atomic mass is 35.5. The van der Waals surface area contributed by atoms with Crippen molar-refractivity contribution in [2.45, 2.75) is 51.2 Å². The molecule has 2 fully saturated rings. The van der Waals surface area contributed by atoms with E-state index in [1.54, 1.807) is 0 Å². The summed E-state index contributed by atoms with van der Waals surface area (Å²) >= 11 is 6.24. The summed E-state index contributed by atoms with van der Waals surface area (Å²) in [7, 11) is 0. The predicted molar refractivity (Wildman–Crippen MR) is 79.7 cm³/mol. The van der Waals surface area contributed by atoms with Gasteiger partial charge in [-0.05, 0) is 49.3 Å². The zero-order valence-corrected chi connectivity index (χ0v) is 12.1. The number of aliphatic hydroxyl groups is 1. The van der Waals surface area contributed by atoms with Crippen LogP contribution in [0.1, 0.15) is 44.1 Å². The molecule has 2 nitrogen and oxygen atoms in total. The average Bonchev–Trinajstić information content (AvgIpc) is 2.46. The molecular weight excluding hydrogens is 258 g/mol. The summed E-state index contributed by atoms with van der Waals surface area (Å²) < 4.78 is 0. The summed E-state index contributed by atoms with van der Waals surface area (Å²) in [5.41, 5.74) is 2.06. The van der Waals surface area contributed by atoms with Crippen LogP contribution in [0.2, 0.25) is 5.02 Å². The minimum atomic E-state index is 0.0190. The van der Waals surface area contributed by atoms with Crippen molar-refractivity contribution in [1.29, 1.82) is 0 Å². The van der Waals surface area contributed by atoms with E-state index >= 15 is 0 Å². The molecule has 2 aliphatic rings. The van der Waals surface area contributed by atoms with Crippen LogP contribution in [0.15, 0.2) is 18.2 Å². The van der Waals surface area contributed by atoms with Crippen molar-refractivity contribution in [2.24, 2.45) is 5.92 Å². The Balaban J connectivity index is 1.85. The van der Waals surface area contributed by atoms with E-state index in [9.17, 15) is 5.11 Å². The zero-order chi connectivity index (χ0) is 13.2. The Morgan fingerprint density at radius 2 is 1.95 bits per heavy atom. The minimum Gasteiger partial charge on any atom is -0.392 e. The first-order valence-corrected chi connectivity index (χ1v) is 7.83. The Bertz CT molecular complexity index is 446. The number of aliphatic hydroxyl groups excluding tert-OH is 1. The van der Waals surface area contributed by atoms with Crippen LogP contribution in [0.4, 0.5) is 5.69 Å².